The summed E-state index contributed by atoms with van der Waals surface area (Å²) in [5, 5.41) is 3.90. The maximum absolute atomic E-state index is 12.9. The highest BCUT2D eigenvalue weighted by molar-refractivity contribution is 7.07. The van der Waals surface area contributed by atoms with Gasteiger partial charge in [-0.2, -0.15) is 13.2 Å². The van der Waals surface area contributed by atoms with Crippen molar-refractivity contribution in [2.24, 2.45) is 5.92 Å². The van der Waals surface area contributed by atoms with E-state index in [-0.39, 0.29) is 5.91 Å². The lowest BCUT2D eigenvalue weighted by molar-refractivity contribution is -0.137. The third-order valence-electron chi connectivity index (χ3n) is 5.30. The van der Waals surface area contributed by atoms with Gasteiger partial charge in [-0.25, -0.2) is 0 Å². The molecule has 1 aromatic carbocycles. The van der Waals surface area contributed by atoms with E-state index in [0.29, 0.717) is 41.6 Å². The van der Waals surface area contributed by atoms with Crippen LogP contribution in [0.25, 0.3) is 0 Å². The molecule has 1 aliphatic heterocycles. The zero-order valence-electron chi connectivity index (χ0n) is 16.6. The molecule has 158 valence electrons. The van der Waals surface area contributed by atoms with Crippen LogP contribution in [0.2, 0.25) is 0 Å². The fourth-order valence-corrected chi connectivity index (χ4v) is 4.42. The molecule has 0 unspecified atom stereocenters. The molecule has 2 heterocycles. The lowest BCUT2D eigenvalue weighted by atomic mass is 9.97. The number of piperidine rings is 1. The van der Waals surface area contributed by atoms with Crippen molar-refractivity contribution in [3.8, 4) is 0 Å². The van der Waals surface area contributed by atoms with Gasteiger partial charge >= 0.3 is 6.18 Å². The van der Waals surface area contributed by atoms with Gasteiger partial charge in [-0.1, -0.05) is 22.7 Å². The van der Waals surface area contributed by atoms with E-state index in [1.54, 1.807) is 24.9 Å². The van der Waals surface area contributed by atoms with Crippen LogP contribution in [0.15, 0.2) is 24.3 Å². The van der Waals surface area contributed by atoms with Crippen molar-refractivity contribution in [2.75, 3.05) is 33.2 Å². The number of rotatable bonds is 6. The number of aryl methyl sites for hydroxylation is 1. The molecule has 5 nitrogen and oxygen atoms in total. The molecule has 0 radical (unpaired) electrons. The van der Waals surface area contributed by atoms with Gasteiger partial charge in [0.2, 0.25) is 0 Å². The molecule has 0 bridgehead atoms. The number of hydrogen-bond acceptors (Lipinski definition) is 5. The maximum atomic E-state index is 12.9. The Morgan fingerprint density at radius 3 is 2.86 bits per heavy atom. The number of nitrogens with zero attached hydrogens (tertiary/aromatic N) is 4. The Labute approximate surface area is 172 Å². The zero-order chi connectivity index (χ0) is 21.0. The number of aromatic nitrogens is 2. The number of halogens is 3. The summed E-state index contributed by atoms with van der Waals surface area (Å²) < 4.78 is 42.5. The number of amides is 1. The van der Waals surface area contributed by atoms with Crippen molar-refractivity contribution in [1.29, 1.82) is 0 Å². The van der Waals surface area contributed by atoms with Gasteiger partial charge in [-0.15, -0.1) is 5.10 Å². The molecule has 1 aromatic heterocycles. The van der Waals surface area contributed by atoms with Gasteiger partial charge in [0.15, 0.2) is 0 Å². The molecule has 1 aliphatic rings. The number of carbonyl (C=O) groups is 1. The molecule has 0 N–H and O–H groups in total. The largest absolute Gasteiger partial charge is 0.416 e. The monoisotopic (exact) mass is 426 g/mol. The minimum Gasteiger partial charge on any atom is -0.341 e. The van der Waals surface area contributed by atoms with Gasteiger partial charge in [-0.3, -0.25) is 4.79 Å². The predicted molar refractivity (Wildman–Crippen MR) is 106 cm³/mol. The van der Waals surface area contributed by atoms with E-state index in [0.717, 1.165) is 43.5 Å². The Hall–Kier alpha value is -2.00. The quantitative estimate of drug-likeness (QED) is 0.703. The highest BCUT2D eigenvalue weighted by atomic mass is 32.1. The molecular formula is C20H25F3N4OS. The SMILES string of the molecule is Cc1nnsc1C(=O)N(C)C[C@@H]1CCCN(CCc2cccc(C(F)(F)F)c2)C1. The molecule has 1 saturated heterocycles. The van der Waals surface area contributed by atoms with Crippen LogP contribution in [0.1, 0.15) is 39.3 Å². The summed E-state index contributed by atoms with van der Waals surface area (Å²) in [6.07, 6.45) is -1.67. The average Bonchev–Trinajstić information content (AvgIpc) is 3.11. The van der Waals surface area contributed by atoms with Gasteiger partial charge in [0.1, 0.15) is 4.88 Å². The van der Waals surface area contributed by atoms with Crippen LogP contribution in [0.3, 0.4) is 0 Å². The Bertz CT molecular complexity index is 839. The fourth-order valence-electron chi connectivity index (χ4n) is 3.77. The minimum absolute atomic E-state index is 0.0569. The van der Waals surface area contributed by atoms with E-state index < -0.39 is 11.7 Å². The molecule has 1 atom stereocenters. The molecule has 3 rings (SSSR count). The summed E-state index contributed by atoms with van der Waals surface area (Å²) >= 11 is 1.11. The number of likely N-dealkylation sites (tertiary alicyclic amines) is 1. The summed E-state index contributed by atoms with van der Waals surface area (Å²) in [5.74, 6) is 0.291. The predicted octanol–water partition coefficient (Wildman–Crippen LogP) is 3.89. The Balaban J connectivity index is 1.52. The Morgan fingerprint density at radius 1 is 1.38 bits per heavy atom. The third-order valence-corrected chi connectivity index (χ3v) is 6.11. The van der Waals surface area contributed by atoms with E-state index in [2.05, 4.69) is 14.5 Å². The molecule has 29 heavy (non-hydrogen) atoms. The summed E-state index contributed by atoms with van der Waals surface area (Å²) in [6.45, 7) is 4.92. The van der Waals surface area contributed by atoms with Gasteiger partial charge in [-0.05, 0) is 61.8 Å². The van der Waals surface area contributed by atoms with Crippen LogP contribution in [-0.4, -0.2) is 58.5 Å². The molecule has 1 amide bonds. The second kappa shape index (κ2) is 9.21. The summed E-state index contributed by atoms with van der Waals surface area (Å²) in [4.78, 5) is 17.1. The molecule has 9 heteroatoms. The van der Waals surface area contributed by atoms with Crippen LogP contribution < -0.4 is 0 Å². The summed E-state index contributed by atoms with van der Waals surface area (Å²) in [5.41, 5.74) is 0.750. The van der Waals surface area contributed by atoms with Gasteiger partial charge in [0.25, 0.3) is 5.91 Å². The molecule has 0 spiro atoms. The lowest BCUT2D eigenvalue weighted by Crippen LogP contribution is -2.42. The highest BCUT2D eigenvalue weighted by Gasteiger charge is 2.30. The number of alkyl halides is 3. The molecule has 0 aliphatic carbocycles. The van der Waals surface area contributed by atoms with E-state index in [1.807, 2.05) is 0 Å². The normalized spacial score (nSPS) is 18.0. The number of benzene rings is 1. The van der Waals surface area contributed by atoms with E-state index in [1.165, 1.54) is 12.1 Å². The van der Waals surface area contributed by atoms with Crippen LogP contribution in [0.5, 0.6) is 0 Å². The first-order valence-corrected chi connectivity index (χ1v) is 10.4. The molecular weight excluding hydrogens is 401 g/mol. The molecule has 1 fully saturated rings. The van der Waals surface area contributed by atoms with Crippen LogP contribution in [0.4, 0.5) is 13.2 Å². The highest BCUT2D eigenvalue weighted by Crippen LogP contribution is 2.29. The van der Waals surface area contributed by atoms with Crippen molar-refractivity contribution in [1.82, 2.24) is 19.4 Å². The van der Waals surface area contributed by atoms with Gasteiger partial charge < -0.3 is 9.80 Å². The summed E-state index contributed by atoms with van der Waals surface area (Å²) in [6, 6.07) is 5.55. The number of carbonyl (C=O) groups excluding carboxylic acids is 1. The zero-order valence-corrected chi connectivity index (χ0v) is 17.4. The third kappa shape index (κ3) is 5.76. The van der Waals surface area contributed by atoms with E-state index >= 15 is 0 Å². The number of hydrogen-bond donors (Lipinski definition) is 0. The first-order chi connectivity index (χ1) is 13.7. The summed E-state index contributed by atoms with van der Waals surface area (Å²) in [7, 11) is 1.79. The van der Waals surface area contributed by atoms with Gasteiger partial charge in [0.05, 0.1) is 11.3 Å². The minimum atomic E-state index is -4.31. The topological polar surface area (TPSA) is 49.3 Å². The fraction of sp³-hybridized carbons (Fsp3) is 0.550. The van der Waals surface area contributed by atoms with Crippen LogP contribution >= 0.6 is 11.5 Å². The van der Waals surface area contributed by atoms with Crippen molar-refractivity contribution < 1.29 is 18.0 Å². The average molecular weight is 427 g/mol. The first-order valence-electron chi connectivity index (χ1n) is 9.67. The van der Waals surface area contributed by atoms with Crippen molar-refractivity contribution in [3.63, 3.8) is 0 Å². The molecule has 2 aromatic rings. The van der Waals surface area contributed by atoms with E-state index in [4.69, 9.17) is 0 Å². The smallest absolute Gasteiger partial charge is 0.341 e. The second-order valence-electron chi connectivity index (χ2n) is 7.63. The maximum Gasteiger partial charge on any atom is 0.416 e. The van der Waals surface area contributed by atoms with Crippen molar-refractivity contribution in [2.45, 2.75) is 32.4 Å². The van der Waals surface area contributed by atoms with Gasteiger partial charge in [0, 0.05) is 26.7 Å². The van der Waals surface area contributed by atoms with Crippen LogP contribution in [0, 0.1) is 12.8 Å². The van der Waals surface area contributed by atoms with Crippen molar-refractivity contribution in [3.05, 3.63) is 46.0 Å². The standard InChI is InChI=1S/C20H25F3N4OS/c1-14-18(29-25-24-14)19(28)26(2)12-16-6-4-9-27(13-16)10-8-15-5-3-7-17(11-15)20(21,22)23/h3,5,7,11,16H,4,6,8-10,12-13H2,1-2H3/t16-/m0/s1. The van der Waals surface area contributed by atoms with Crippen molar-refractivity contribution >= 4 is 17.4 Å². The second-order valence-corrected chi connectivity index (χ2v) is 8.38. The Morgan fingerprint density at radius 2 is 2.17 bits per heavy atom. The van der Waals surface area contributed by atoms with E-state index in [9.17, 15) is 18.0 Å². The first kappa shape index (κ1) is 21.7. The Kier molecular flexibility index (Phi) is 6.89. The molecule has 0 saturated carbocycles. The van der Waals surface area contributed by atoms with Crippen LogP contribution in [-0.2, 0) is 12.6 Å². The lowest BCUT2D eigenvalue weighted by Gasteiger charge is -2.34.